The van der Waals surface area contributed by atoms with Crippen LogP contribution in [0.25, 0.3) is 0 Å². The molecule has 1 aromatic heterocycles. The van der Waals surface area contributed by atoms with Gasteiger partial charge in [0.2, 0.25) is 0 Å². The zero-order valence-electron chi connectivity index (χ0n) is 10.4. The maximum Gasteiger partial charge on any atom is 0.144 e. The first-order chi connectivity index (χ1) is 9.74. The standard InChI is InChI=1S/C15H10FNO2S/c16-14-4-1-5-15(13(14)9-17)19-10-12-7-6-11(20-12)3-2-8-18/h1,4-7,18H,8,10H2. The first-order valence-corrected chi connectivity index (χ1v) is 6.56. The van der Waals surface area contributed by atoms with Crippen molar-refractivity contribution >= 4 is 11.3 Å². The summed E-state index contributed by atoms with van der Waals surface area (Å²) in [5.74, 6) is 4.99. The maximum absolute atomic E-state index is 13.4. The predicted octanol–water partition coefficient (Wildman–Crippen LogP) is 2.68. The van der Waals surface area contributed by atoms with Crippen molar-refractivity contribution in [3.63, 3.8) is 0 Å². The fourth-order valence-corrected chi connectivity index (χ4v) is 2.33. The van der Waals surface area contributed by atoms with Gasteiger partial charge in [-0.1, -0.05) is 17.9 Å². The molecule has 0 aliphatic carbocycles. The molecule has 0 spiro atoms. The van der Waals surface area contributed by atoms with Crippen molar-refractivity contribution in [3.05, 3.63) is 51.5 Å². The van der Waals surface area contributed by atoms with Crippen LogP contribution in [-0.2, 0) is 6.61 Å². The lowest BCUT2D eigenvalue weighted by Crippen LogP contribution is -1.96. The highest BCUT2D eigenvalue weighted by Crippen LogP contribution is 2.23. The second kappa shape index (κ2) is 6.72. The fourth-order valence-electron chi connectivity index (χ4n) is 1.53. The SMILES string of the molecule is N#Cc1c(F)cccc1OCc1ccc(C#CCO)s1. The second-order valence-corrected chi connectivity index (χ2v) is 4.91. The molecule has 0 amide bonds. The molecule has 0 atom stereocenters. The number of ether oxygens (including phenoxy) is 1. The molecule has 0 bridgehead atoms. The number of aliphatic hydroxyl groups excluding tert-OH is 1. The molecular weight excluding hydrogens is 277 g/mol. The highest BCUT2D eigenvalue weighted by molar-refractivity contribution is 7.12. The average molecular weight is 287 g/mol. The predicted molar refractivity (Wildman–Crippen MR) is 73.7 cm³/mol. The minimum absolute atomic E-state index is 0.0932. The molecular formula is C15H10FNO2S. The van der Waals surface area contributed by atoms with Crippen LogP contribution in [0.2, 0.25) is 0 Å². The van der Waals surface area contributed by atoms with Gasteiger partial charge in [0.15, 0.2) is 0 Å². The van der Waals surface area contributed by atoms with Crippen molar-refractivity contribution in [1.29, 1.82) is 5.26 Å². The molecule has 1 N–H and O–H groups in total. The lowest BCUT2D eigenvalue weighted by molar-refractivity contribution is 0.307. The van der Waals surface area contributed by atoms with Crippen LogP contribution in [-0.4, -0.2) is 11.7 Å². The van der Waals surface area contributed by atoms with Crippen LogP contribution in [0.1, 0.15) is 15.3 Å². The van der Waals surface area contributed by atoms with Crippen molar-refractivity contribution in [2.75, 3.05) is 6.61 Å². The molecule has 0 fully saturated rings. The van der Waals surface area contributed by atoms with Crippen molar-refractivity contribution in [2.24, 2.45) is 0 Å². The van der Waals surface area contributed by atoms with E-state index in [-0.39, 0.29) is 24.5 Å². The lowest BCUT2D eigenvalue weighted by Gasteiger charge is -2.06. The summed E-state index contributed by atoms with van der Waals surface area (Å²) in [5.41, 5.74) is -0.0932. The normalized spacial score (nSPS) is 9.45. The van der Waals surface area contributed by atoms with E-state index < -0.39 is 5.82 Å². The Hall–Kier alpha value is -2.34. The number of hydrogen-bond acceptors (Lipinski definition) is 4. The Balaban J connectivity index is 2.08. The number of aliphatic hydroxyl groups is 1. The van der Waals surface area contributed by atoms with Gasteiger partial charge in [-0.05, 0) is 24.3 Å². The summed E-state index contributed by atoms with van der Waals surface area (Å²) in [5, 5.41) is 17.5. The van der Waals surface area contributed by atoms with E-state index in [1.165, 1.54) is 23.5 Å². The third-order valence-electron chi connectivity index (χ3n) is 2.41. The Kier molecular flexibility index (Phi) is 4.73. The molecule has 0 aliphatic heterocycles. The highest BCUT2D eigenvalue weighted by atomic mass is 32.1. The molecule has 1 heterocycles. The van der Waals surface area contributed by atoms with Gasteiger partial charge in [0, 0.05) is 4.88 Å². The molecule has 3 nitrogen and oxygen atoms in total. The number of hydrogen-bond donors (Lipinski definition) is 1. The summed E-state index contributed by atoms with van der Waals surface area (Å²) in [4.78, 5) is 1.72. The van der Waals surface area contributed by atoms with Crippen LogP contribution in [0.3, 0.4) is 0 Å². The third kappa shape index (κ3) is 3.36. The van der Waals surface area contributed by atoms with E-state index in [4.69, 9.17) is 15.1 Å². The highest BCUT2D eigenvalue weighted by Gasteiger charge is 2.09. The van der Waals surface area contributed by atoms with Crippen LogP contribution in [0.15, 0.2) is 30.3 Å². The monoisotopic (exact) mass is 287 g/mol. The Morgan fingerprint density at radius 3 is 2.90 bits per heavy atom. The molecule has 0 unspecified atom stereocenters. The van der Waals surface area contributed by atoms with Crippen molar-refractivity contribution in [1.82, 2.24) is 0 Å². The van der Waals surface area contributed by atoms with E-state index in [0.717, 1.165) is 9.75 Å². The van der Waals surface area contributed by atoms with Crippen LogP contribution >= 0.6 is 11.3 Å². The van der Waals surface area contributed by atoms with E-state index in [1.54, 1.807) is 12.1 Å². The molecule has 2 aromatic rings. The average Bonchev–Trinajstić information content (AvgIpc) is 2.91. The van der Waals surface area contributed by atoms with Crippen LogP contribution in [0, 0.1) is 29.0 Å². The molecule has 2 rings (SSSR count). The summed E-state index contributed by atoms with van der Waals surface area (Å²) < 4.78 is 18.8. The smallest absolute Gasteiger partial charge is 0.144 e. The zero-order valence-corrected chi connectivity index (χ0v) is 11.2. The summed E-state index contributed by atoms with van der Waals surface area (Å²) in [6.07, 6.45) is 0. The minimum atomic E-state index is -0.592. The van der Waals surface area contributed by atoms with Crippen LogP contribution in [0.4, 0.5) is 4.39 Å². The molecule has 20 heavy (non-hydrogen) atoms. The number of nitrogens with zero attached hydrogens (tertiary/aromatic N) is 1. The van der Waals surface area contributed by atoms with Crippen LogP contribution in [0.5, 0.6) is 5.75 Å². The topological polar surface area (TPSA) is 53.2 Å². The molecule has 0 aliphatic rings. The van der Waals surface area contributed by atoms with E-state index in [9.17, 15) is 4.39 Å². The third-order valence-corrected chi connectivity index (χ3v) is 3.38. The quantitative estimate of drug-likeness (QED) is 0.883. The van der Waals surface area contributed by atoms with Crippen molar-refractivity contribution in [3.8, 4) is 23.7 Å². The number of halogens is 1. The van der Waals surface area contributed by atoms with Gasteiger partial charge >= 0.3 is 0 Å². The molecule has 100 valence electrons. The Labute approximate surface area is 119 Å². The van der Waals surface area contributed by atoms with Gasteiger partial charge in [0.05, 0.1) is 4.88 Å². The van der Waals surface area contributed by atoms with Gasteiger partial charge in [0.25, 0.3) is 0 Å². The minimum Gasteiger partial charge on any atom is -0.487 e. The largest absolute Gasteiger partial charge is 0.487 e. The number of thiophene rings is 1. The second-order valence-electron chi connectivity index (χ2n) is 3.74. The molecule has 5 heteroatoms. The van der Waals surface area contributed by atoms with Gasteiger partial charge in [-0.3, -0.25) is 0 Å². The summed E-state index contributed by atoms with van der Waals surface area (Å²) in [7, 11) is 0. The van der Waals surface area contributed by atoms with Gasteiger partial charge < -0.3 is 9.84 Å². The maximum atomic E-state index is 13.4. The van der Waals surface area contributed by atoms with E-state index >= 15 is 0 Å². The van der Waals surface area contributed by atoms with Crippen LogP contribution < -0.4 is 4.74 Å². The van der Waals surface area contributed by atoms with Gasteiger partial charge in [-0.15, -0.1) is 11.3 Å². The van der Waals surface area contributed by atoms with Gasteiger partial charge in [-0.25, -0.2) is 4.39 Å². The zero-order chi connectivity index (χ0) is 14.4. The first-order valence-electron chi connectivity index (χ1n) is 5.74. The summed E-state index contributed by atoms with van der Waals surface area (Å²) >= 11 is 1.42. The van der Waals surface area contributed by atoms with E-state index in [2.05, 4.69) is 11.8 Å². The number of benzene rings is 1. The first kappa shape index (κ1) is 14.1. The Morgan fingerprint density at radius 2 is 2.15 bits per heavy atom. The lowest BCUT2D eigenvalue weighted by atomic mass is 10.2. The summed E-state index contributed by atoms with van der Waals surface area (Å²) in [6, 6.07) is 9.73. The van der Waals surface area contributed by atoms with E-state index in [1.807, 2.05) is 12.1 Å². The molecule has 1 aromatic carbocycles. The van der Waals surface area contributed by atoms with Gasteiger partial charge in [-0.2, -0.15) is 5.26 Å². The van der Waals surface area contributed by atoms with Crippen molar-refractivity contribution < 1.29 is 14.2 Å². The van der Waals surface area contributed by atoms with Crippen molar-refractivity contribution in [2.45, 2.75) is 6.61 Å². The molecule has 0 saturated heterocycles. The Morgan fingerprint density at radius 1 is 1.30 bits per heavy atom. The fraction of sp³-hybridized carbons (Fsp3) is 0.133. The molecule has 0 saturated carbocycles. The Bertz CT molecular complexity index is 707. The van der Waals surface area contributed by atoms with Gasteiger partial charge in [0.1, 0.15) is 36.4 Å². The number of rotatable bonds is 3. The summed E-state index contributed by atoms with van der Waals surface area (Å²) in [6.45, 7) is 0.0577. The number of nitriles is 1. The molecule has 0 radical (unpaired) electrons. The van der Waals surface area contributed by atoms with E-state index in [0.29, 0.717) is 0 Å².